The molecule has 1 amide bonds. The number of esters is 1. The van der Waals surface area contributed by atoms with Crippen LogP contribution in [-0.4, -0.2) is 29.6 Å². The van der Waals surface area contributed by atoms with Crippen LogP contribution in [0.1, 0.15) is 61.9 Å². The Hall–Kier alpha value is -4.56. The quantitative estimate of drug-likeness (QED) is 0.309. The molecule has 0 N–H and O–H groups in total. The number of nitrogens with zero attached hydrogens (tertiary/aromatic N) is 3. The van der Waals surface area contributed by atoms with E-state index in [1.165, 1.54) is 11.3 Å². The van der Waals surface area contributed by atoms with Crippen molar-refractivity contribution in [2.45, 2.75) is 39.7 Å². The van der Waals surface area contributed by atoms with Gasteiger partial charge in [0.2, 0.25) is 0 Å². The first-order valence-electron chi connectivity index (χ1n) is 14.2. The van der Waals surface area contributed by atoms with Crippen molar-refractivity contribution in [2.24, 2.45) is 4.99 Å². The Bertz CT molecular complexity index is 1920. The van der Waals surface area contributed by atoms with Crippen LogP contribution < -0.4 is 19.8 Å². The summed E-state index contributed by atoms with van der Waals surface area (Å²) in [4.78, 5) is 48.8. The van der Waals surface area contributed by atoms with Crippen molar-refractivity contribution in [3.63, 3.8) is 0 Å². The minimum absolute atomic E-state index is 0.177. The van der Waals surface area contributed by atoms with Gasteiger partial charge >= 0.3 is 5.97 Å². The van der Waals surface area contributed by atoms with E-state index in [0.717, 1.165) is 27.9 Å². The monoisotopic (exact) mass is 577 g/mol. The molecule has 0 saturated carbocycles. The van der Waals surface area contributed by atoms with Gasteiger partial charge in [0.1, 0.15) is 4.53 Å². The maximum absolute atomic E-state index is 14.4. The highest BCUT2D eigenvalue weighted by Gasteiger charge is 2.38. The number of carbonyl (C=O) groups is 2. The Morgan fingerprint density at radius 3 is 2.31 bits per heavy atom. The average molecular weight is 578 g/mol. The molecule has 0 fully saturated rings. The second-order valence-electron chi connectivity index (χ2n) is 10.5. The molecule has 7 nitrogen and oxygen atoms in total. The van der Waals surface area contributed by atoms with E-state index in [-0.39, 0.29) is 23.6 Å². The normalized spacial score (nSPS) is 17.3. The van der Waals surface area contributed by atoms with Gasteiger partial charge in [0.15, 0.2) is 4.80 Å². The molecule has 0 spiro atoms. The molecule has 0 radical (unpaired) electrons. The number of benzene rings is 3. The number of hydrogen-bond donors (Lipinski definition) is 0. The van der Waals surface area contributed by atoms with Gasteiger partial charge in [-0.3, -0.25) is 14.2 Å². The molecule has 0 bridgehead atoms. The Balaban J connectivity index is 1.70. The molecule has 42 heavy (non-hydrogen) atoms. The summed E-state index contributed by atoms with van der Waals surface area (Å²) in [6.45, 7) is 8.56. The maximum atomic E-state index is 14.4. The molecule has 1 atom stereocenters. The molecule has 6 rings (SSSR count). The lowest BCUT2D eigenvalue weighted by Gasteiger charge is -2.26. The fourth-order valence-electron chi connectivity index (χ4n) is 5.68. The van der Waals surface area contributed by atoms with E-state index >= 15 is 0 Å². The first kappa shape index (κ1) is 27.6. The Morgan fingerprint density at radius 1 is 0.952 bits per heavy atom. The molecule has 4 aromatic rings. The number of ether oxygens (including phenoxy) is 1. The molecule has 8 heteroatoms. The Kier molecular flexibility index (Phi) is 7.24. The van der Waals surface area contributed by atoms with Crippen LogP contribution in [0.5, 0.6) is 0 Å². The second kappa shape index (κ2) is 11.0. The summed E-state index contributed by atoms with van der Waals surface area (Å²) in [5.74, 6) is -0.428. The molecular weight excluding hydrogens is 546 g/mol. The van der Waals surface area contributed by atoms with Crippen LogP contribution in [0.3, 0.4) is 0 Å². The summed E-state index contributed by atoms with van der Waals surface area (Å²) in [6, 6.07) is 24.2. The van der Waals surface area contributed by atoms with Crippen molar-refractivity contribution in [1.82, 2.24) is 4.57 Å². The molecular formula is C34H31N3O4S. The predicted molar refractivity (Wildman–Crippen MR) is 165 cm³/mol. The number of carbonyl (C=O) groups excluding carboxylic acids is 2. The zero-order valence-electron chi connectivity index (χ0n) is 24.0. The minimum Gasteiger partial charge on any atom is -0.463 e. The minimum atomic E-state index is -0.792. The summed E-state index contributed by atoms with van der Waals surface area (Å²) in [7, 11) is 0. The number of thiazole rings is 1. The topological polar surface area (TPSA) is 81.0 Å². The van der Waals surface area contributed by atoms with Gasteiger partial charge in [-0.15, -0.1) is 0 Å². The van der Waals surface area contributed by atoms with Gasteiger partial charge in [0.25, 0.3) is 11.5 Å². The molecule has 0 aliphatic carbocycles. The third-order valence-corrected chi connectivity index (χ3v) is 8.79. The first-order valence-corrected chi connectivity index (χ1v) is 15.0. The second-order valence-corrected chi connectivity index (χ2v) is 11.5. The summed E-state index contributed by atoms with van der Waals surface area (Å²) < 4.78 is 7.43. The number of fused-ring (bicyclic) bond motifs is 2. The SMILES string of the molecule is CCOC(=O)C1=C(c2ccccc2)N=c2s/c(=C3/C(=O)N(CC)c4ccccc43)c(=O)n2[C@@H]1c1ccc(C(C)C)cc1. The van der Waals surface area contributed by atoms with E-state index in [1.807, 2.05) is 85.8 Å². The molecule has 3 heterocycles. The number of hydrogen-bond acceptors (Lipinski definition) is 6. The zero-order valence-corrected chi connectivity index (χ0v) is 24.8. The van der Waals surface area contributed by atoms with Crippen LogP contribution in [-0.2, 0) is 14.3 Å². The van der Waals surface area contributed by atoms with Crippen molar-refractivity contribution in [2.75, 3.05) is 18.1 Å². The third-order valence-electron chi connectivity index (χ3n) is 7.73. The Labute approximate surface area is 247 Å². The molecule has 1 aromatic heterocycles. The largest absolute Gasteiger partial charge is 0.463 e. The summed E-state index contributed by atoms with van der Waals surface area (Å²) >= 11 is 1.18. The van der Waals surface area contributed by atoms with Crippen molar-refractivity contribution in [1.29, 1.82) is 0 Å². The molecule has 2 aliphatic heterocycles. The highest BCUT2D eigenvalue weighted by molar-refractivity contribution is 7.07. The highest BCUT2D eigenvalue weighted by atomic mass is 32.1. The van der Waals surface area contributed by atoms with E-state index in [9.17, 15) is 14.4 Å². The van der Waals surface area contributed by atoms with Crippen LogP contribution in [0, 0.1) is 0 Å². The van der Waals surface area contributed by atoms with Crippen LogP contribution >= 0.6 is 11.3 Å². The van der Waals surface area contributed by atoms with Crippen LogP contribution in [0.4, 0.5) is 5.69 Å². The average Bonchev–Trinajstić information content (AvgIpc) is 3.48. The lowest BCUT2D eigenvalue weighted by atomic mass is 9.91. The maximum Gasteiger partial charge on any atom is 0.338 e. The fourth-order valence-corrected chi connectivity index (χ4v) is 6.77. The van der Waals surface area contributed by atoms with Gasteiger partial charge in [0, 0.05) is 17.7 Å². The number of para-hydroxylation sites is 1. The predicted octanol–water partition coefficient (Wildman–Crippen LogP) is 4.80. The lowest BCUT2D eigenvalue weighted by Crippen LogP contribution is -2.41. The van der Waals surface area contributed by atoms with Gasteiger partial charge in [-0.2, -0.15) is 0 Å². The fraction of sp³-hybridized carbons (Fsp3) is 0.235. The standard InChI is InChI=1S/C34H31N3O4S/c1-5-36-25-15-11-10-14-24(25)26(31(36)38)30-32(39)37-29(23-18-16-21(17-19-23)20(3)4)27(33(40)41-6-2)28(35-34(37)42-30)22-12-8-7-9-13-22/h7-20,29H,5-6H2,1-4H3/b30-26+/t29-/m1/s1. The summed E-state index contributed by atoms with van der Waals surface area (Å²) in [5.41, 5.74) is 4.90. The lowest BCUT2D eigenvalue weighted by molar-refractivity contribution is -0.138. The molecule has 0 unspecified atom stereocenters. The van der Waals surface area contributed by atoms with E-state index in [4.69, 9.17) is 9.73 Å². The summed E-state index contributed by atoms with van der Waals surface area (Å²) in [6.07, 6.45) is 0. The number of likely N-dealkylation sites (N-methyl/N-ethyl adjacent to an activating group) is 1. The molecule has 0 saturated heterocycles. The van der Waals surface area contributed by atoms with Crippen molar-refractivity contribution in [3.8, 4) is 0 Å². The third kappa shape index (κ3) is 4.43. The van der Waals surface area contributed by atoms with E-state index < -0.39 is 12.0 Å². The number of anilines is 1. The summed E-state index contributed by atoms with van der Waals surface area (Å²) in [5, 5.41) is 0. The van der Waals surface area contributed by atoms with E-state index in [2.05, 4.69) is 13.8 Å². The smallest absolute Gasteiger partial charge is 0.338 e. The van der Waals surface area contributed by atoms with Crippen molar-refractivity contribution in [3.05, 3.63) is 126 Å². The van der Waals surface area contributed by atoms with Gasteiger partial charge < -0.3 is 9.64 Å². The van der Waals surface area contributed by atoms with Gasteiger partial charge in [-0.05, 0) is 37.0 Å². The zero-order chi connectivity index (χ0) is 29.5. The molecule has 212 valence electrons. The van der Waals surface area contributed by atoms with Crippen molar-refractivity contribution >= 4 is 40.2 Å². The van der Waals surface area contributed by atoms with Gasteiger partial charge in [-0.25, -0.2) is 9.79 Å². The molecule has 3 aromatic carbocycles. The van der Waals surface area contributed by atoms with Crippen LogP contribution in [0.15, 0.2) is 94.2 Å². The highest BCUT2D eigenvalue weighted by Crippen LogP contribution is 2.37. The number of rotatable bonds is 6. The first-order chi connectivity index (χ1) is 20.3. The Morgan fingerprint density at radius 2 is 1.64 bits per heavy atom. The van der Waals surface area contributed by atoms with Crippen LogP contribution in [0.25, 0.3) is 11.3 Å². The van der Waals surface area contributed by atoms with Gasteiger partial charge in [-0.1, -0.05) is 98.0 Å². The molecule has 2 aliphatic rings. The van der Waals surface area contributed by atoms with Crippen molar-refractivity contribution < 1.29 is 14.3 Å². The van der Waals surface area contributed by atoms with Gasteiger partial charge in [0.05, 0.1) is 35.2 Å². The van der Waals surface area contributed by atoms with E-state index in [1.54, 1.807) is 16.4 Å². The van der Waals surface area contributed by atoms with E-state index in [0.29, 0.717) is 33.1 Å². The van der Waals surface area contributed by atoms with Crippen LogP contribution in [0.2, 0.25) is 0 Å². The number of amides is 1. The number of aromatic nitrogens is 1.